The first-order chi connectivity index (χ1) is 10.4. The van der Waals surface area contributed by atoms with Crippen LogP contribution in [0.15, 0.2) is 24.3 Å². The van der Waals surface area contributed by atoms with E-state index in [4.69, 9.17) is 0 Å². The Hall–Kier alpha value is -1.61. The average Bonchev–Trinajstić information content (AvgIpc) is 2.30. The molecule has 0 saturated heterocycles. The van der Waals surface area contributed by atoms with E-state index in [0.717, 1.165) is 12.1 Å². The SMILES string of the molecule is CC(C)(C)c1ccc(OC(C(F)(F)F)(C(F)(F)F)C(F)(F)F)cc1. The Morgan fingerprint density at radius 1 is 0.625 bits per heavy atom. The summed E-state index contributed by atoms with van der Waals surface area (Å²) in [7, 11) is 0. The average molecular weight is 368 g/mol. The van der Waals surface area contributed by atoms with Gasteiger partial charge in [0.15, 0.2) is 0 Å². The van der Waals surface area contributed by atoms with Gasteiger partial charge in [-0.2, -0.15) is 39.5 Å². The Morgan fingerprint density at radius 2 is 0.958 bits per heavy atom. The van der Waals surface area contributed by atoms with Crippen LogP contribution in [-0.4, -0.2) is 24.1 Å². The van der Waals surface area contributed by atoms with Crippen molar-refractivity contribution in [3.63, 3.8) is 0 Å². The lowest BCUT2D eigenvalue weighted by molar-refractivity contribution is -0.436. The molecule has 0 heterocycles. The normalized spacial score (nSPS) is 14.7. The zero-order valence-electron chi connectivity index (χ0n) is 12.6. The van der Waals surface area contributed by atoms with Gasteiger partial charge in [0.1, 0.15) is 5.75 Å². The van der Waals surface area contributed by atoms with Gasteiger partial charge in [-0.3, -0.25) is 0 Å². The van der Waals surface area contributed by atoms with Crippen molar-refractivity contribution >= 4 is 0 Å². The summed E-state index contributed by atoms with van der Waals surface area (Å²) in [6, 6.07) is 3.48. The van der Waals surface area contributed by atoms with Crippen molar-refractivity contribution < 1.29 is 44.3 Å². The minimum absolute atomic E-state index is 0.492. The lowest BCUT2D eigenvalue weighted by atomic mass is 9.87. The molecule has 0 radical (unpaired) electrons. The van der Waals surface area contributed by atoms with E-state index in [2.05, 4.69) is 4.74 Å². The molecule has 0 amide bonds. The molecule has 0 aromatic heterocycles. The monoisotopic (exact) mass is 368 g/mol. The highest BCUT2D eigenvalue weighted by Gasteiger charge is 2.86. The van der Waals surface area contributed by atoms with E-state index >= 15 is 0 Å². The maximum Gasteiger partial charge on any atom is 0.447 e. The third-order valence-corrected chi connectivity index (χ3v) is 3.19. The zero-order valence-corrected chi connectivity index (χ0v) is 12.6. The number of hydrogen-bond acceptors (Lipinski definition) is 1. The van der Waals surface area contributed by atoms with E-state index < -0.39 is 35.3 Å². The molecule has 1 aromatic carbocycles. The van der Waals surface area contributed by atoms with E-state index in [1.807, 2.05) is 0 Å². The molecule has 0 fully saturated rings. The number of benzene rings is 1. The van der Waals surface area contributed by atoms with Crippen molar-refractivity contribution in [2.75, 3.05) is 0 Å². The second kappa shape index (κ2) is 5.73. The van der Waals surface area contributed by atoms with Gasteiger partial charge >= 0.3 is 24.1 Å². The predicted molar refractivity (Wildman–Crippen MR) is 66.7 cm³/mol. The summed E-state index contributed by atoms with van der Waals surface area (Å²) in [5.74, 6) is -1.20. The van der Waals surface area contributed by atoms with Crippen LogP contribution in [-0.2, 0) is 5.41 Å². The topological polar surface area (TPSA) is 9.23 Å². The summed E-state index contributed by atoms with van der Waals surface area (Å²) in [5.41, 5.74) is -6.32. The Balaban J connectivity index is 3.44. The maximum atomic E-state index is 12.8. The number of alkyl halides is 9. The van der Waals surface area contributed by atoms with Crippen molar-refractivity contribution in [3.8, 4) is 5.75 Å². The van der Waals surface area contributed by atoms with Crippen molar-refractivity contribution in [2.45, 2.75) is 50.3 Å². The summed E-state index contributed by atoms with van der Waals surface area (Å²) >= 11 is 0. The fourth-order valence-electron chi connectivity index (χ4n) is 1.86. The second-order valence-corrected chi connectivity index (χ2v) is 6.05. The number of ether oxygens (including phenoxy) is 1. The van der Waals surface area contributed by atoms with Crippen LogP contribution in [0.25, 0.3) is 0 Å². The maximum absolute atomic E-state index is 12.8. The van der Waals surface area contributed by atoms with E-state index in [-0.39, 0.29) is 0 Å². The van der Waals surface area contributed by atoms with Gasteiger partial charge in [-0.1, -0.05) is 32.9 Å². The second-order valence-electron chi connectivity index (χ2n) is 6.05. The Morgan fingerprint density at radius 3 is 1.21 bits per heavy atom. The summed E-state index contributed by atoms with van der Waals surface area (Å²) in [6.45, 7) is 5.11. The Bertz CT molecular complexity index is 522. The van der Waals surface area contributed by atoms with Crippen LogP contribution in [0.4, 0.5) is 39.5 Å². The van der Waals surface area contributed by atoms with Crippen LogP contribution in [0, 0.1) is 0 Å². The van der Waals surface area contributed by atoms with Gasteiger partial charge < -0.3 is 4.74 Å². The molecule has 0 N–H and O–H groups in total. The molecule has 24 heavy (non-hydrogen) atoms. The third-order valence-electron chi connectivity index (χ3n) is 3.19. The number of hydrogen-bond donors (Lipinski definition) is 0. The minimum atomic E-state index is -6.76. The first-order valence-electron chi connectivity index (χ1n) is 6.43. The molecular weight excluding hydrogens is 355 g/mol. The van der Waals surface area contributed by atoms with E-state index in [1.54, 1.807) is 20.8 Å². The van der Waals surface area contributed by atoms with Gasteiger partial charge in [-0.05, 0) is 23.1 Å². The largest absolute Gasteiger partial charge is 0.462 e. The zero-order chi connectivity index (χ0) is 19.2. The molecule has 0 atom stereocenters. The van der Waals surface area contributed by atoms with Gasteiger partial charge in [0.2, 0.25) is 0 Å². The van der Waals surface area contributed by atoms with Gasteiger partial charge in [-0.15, -0.1) is 0 Å². The van der Waals surface area contributed by atoms with Crippen LogP contribution >= 0.6 is 0 Å². The summed E-state index contributed by atoms with van der Waals surface area (Å²) < 4.78 is 118. The van der Waals surface area contributed by atoms with E-state index in [9.17, 15) is 39.5 Å². The lowest BCUT2D eigenvalue weighted by Gasteiger charge is -2.38. The molecule has 1 aromatic rings. The molecule has 10 heteroatoms. The third kappa shape index (κ3) is 3.56. The highest BCUT2D eigenvalue weighted by molar-refractivity contribution is 5.32. The molecule has 0 saturated carbocycles. The summed E-state index contributed by atoms with van der Waals surface area (Å²) in [4.78, 5) is 0. The number of rotatable bonds is 2. The molecule has 1 rings (SSSR count). The standard InChI is InChI=1S/C14H13F9O/c1-10(2,3)8-4-6-9(7-5-8)24-11(12(15,16)17,13(18,19)20)14(21,22)23/h4-7H,1-3H3. The smallest absolute Gasteiger partial charge is 0.447 e. The van der Waals surface area contributed by atoms with Crippen molar-refractivity contribution in [1.29, 1.82) is 0 Å². The fourth-order valence-corrected chi connectivity index (χ4v) is 1.86. The van der Waals surface area contributed by atoms with Crippen LogP contribution in [0.5, 0.6) is 5.75 Å². The molecule has 1 nitrogen and oxygen atoms in total. The van der Waals surface area contributed by atoms with Gasteiger partial charge in [0.05, 0.1) is 0 Å². The van der Waals surface area contributed by atoms with Crippen molar-refractivity contribution in [2.24, 2.45) is 0 Å². The minimum Gasteiger partial charge on any atom is -0.462 e. The fraction of sp³-hybridized carbons (Fsp3) is 0.571. The lowest BCUT2D eigenvalue weighted by Crippen LogP contribution is -2.69. The molecular formula is C14H13F9O. The number of halogens is 9. The molecule has 0 bridgehead atoms. The molecule has 0 unspecified atom stereocenters. The van der Waals surface area contributed by atoms with Crippen molar-refractivity contribution in [1.82, 2.24) is 0 Å². The first kappa shape index (κ1) is 20.4. The molecule has 0 spiro atoms. The van der Waals surface area contributed by atoms with Crippen LogP contribution in [0.3, 0.4) is 0 Å². The predicted octanol–water partition coefficient (Wildman–Crippen LogP) is 5.79. The molecule has 0 aliphatic heterocycles. The highest BCUT2D eigenvalue weighted by atomic mass is 19.4. The van der Waals surface area contributed by atoms with Crippen LogP contribution in [0.2, 0.25) is 0 Å². The summed E-state index contributed by atoms with van der Waals surface area (Å²) in [6.07, 6.45) is -20.3. The summed E-state index contributed by atoms with van der Waals surface area (Å²) in [5, 5.41) is 0. The van der Waals surface area contributed by atoms with Gasteiger partial charge in [0.25, 0.3) is 0 Å². The van der Waals surface area contributed by atoms with E-state index in [0.29, 0.717) is 17.7 Å². The highest BCUT2D eigenvalue weighted by Crippen LogP contribution is 2.54. The quantitative estimate of drug-likeness (QED) is 0.601. The first-order valence-corrected chi connectivity index (χ1v) is 6.43. The van der Waals surface area contributed by atoms with Crippen molar-refractivity contribution in [3.05, 3.63) is 29.8 Å². The molecule has 138 valence electrons. The molecule has 0 aliphatic rings. The van der Waals surface area contributed by atoms with Gasteiger partial charge in [-0.25, -0.2) is 0 Å². The molecule has 0 aliphatic carbocycles. The Labute approximate surface area is 131 Å². The van der Waals surface area contributed by atoms with Gasteiger partial charge in [0, 0.05) is 0 Å². The van der Waals surface area contributed by atoms with Crippen LogP contribution in [0.1, 0.15) is 26.3 Å². The van der Waals surface area contributed by atoms with Crippen LogP contribution < -0.4 is 4.74 Å². The van der Waals surface area contributed by atoms with E-state index in [1.165, 1.54) is 0 Å². The Kier molecular flexibility index (Phi) is 4.88.